The Morgan fingerprint density at radius 1 is 1.39 bits per heavy atom. The first-order valence-electron chi connectivity index (χ1n) is 8.36. The summed E-state index contributed by atoms with van der Waals surface area (Å²) in [7, 11) is 0. The summed E-state index contributed by atoms with van der Waals surface area (Å²) in [5, 5.41) is 28.4. The Bertz CT molecular complexity index is 519. The first kappa shape index (κ1) is 19.9. The summed E-state index contributed by atoms with van der Waals surface area (Å²) in [6.45, 7) is 9.81. The largest absolute Gasteiger partial charge is 0.394 e. The quantitative estimate of drug-likeness (QED) is 0.654. The molecule has 0 aromatic rings. The summed E-state index contributed by atoms with van der Waals surface area (Å²) in [4.78, 5) is 0. The topological polar surface area (TPSA) is 60.7 Å². The van der Waals surface area contributed by atoms with Crippen LogP contribution >= 0.6 is 0 Å². The molecular formula is C20H32O3. The highest BCUT2D eigenvalue weighted by Gasteiger charge is 2.27. The lowest BCUT2D eigenvalue weighted by Gasteiger charge is -2.32. The van der Waals surface area contributed by atoms with Crippen LogP contribution in [0.1, 0.15) is 53.9 Å². The summed E-state index contributed by atoms with van der Waals surface area (Å²) in [6.07, 6.45) is 11.9. The Hall–Kier alpha value is -1.16. The third-order valence-corrected chi connectivity index (χ3v) is 4.70. The SMILES string of the molecule is CC1=C(/C=C/C(C)=C/C=C/[C@@](C)(O)[C@H](O)CO)C(C)(C)CCC1. The highest BCUT2D eigenvalue weighted by atomic mass is 16.4. The highest BCUT2D eigenvalue weighted by Crippen LogP contribution is 2.40. The van der Waals surface area contributed by atoms with Crippen LogP contribution in [-0.2, 0) is 0 Å². The monoisotopic (exact) mass is 320 g/mol. The van der Waals surface area contributed by atoms with Crippen molar-refractivity contribution >= 4 is 0 Å². The van der Waals surface area contributed by atoms with Gasteiger partial charge in [0.25, 0.3) is 0 Å². The average Bonchev–Trinajstić information content (AvgIpc) is 2.44. The number of hydrogen-bond donors (Lipinski definition) is 3. The van der Waals surface area contributed by atoms with E-state index in [0.717, 1.165) is 5.57 Å². The van der Waals surface area contributed by atoms with Crippen molar-refractivity contribution in [2.75, 3.05) is 6.61 Å². The van der Waals surface area contributed by atoms with E-state index in [9.17, 15) is 10.2 Å². The van der Waals surface area contributed by atoms with Gasteiger partial charge in [-0.3, -0.25) is 0 Å². The summed E-state index contributed by atoms with van der Waals surface area (Å²) in [6, 6.07) is 0. The predicted octanol–water partition coefficient (Wildman–Crippen LogP) is 3.68. The van der Waals surface area contributed by atoms with Crippen molar-refractivity contribution in [2.45, 2.75) is 65.6 Å². The van der Waals surface area contributed by atoms with Crippen molar-refractivity contribution in [3.8, 4) is 0 Å². The maximum atomic E-state index is 9.98. The molecule has 0 saturated carbocycles. The Morgan fingerprint density at radius 2 is 2.04 bits per heavy atom. The molecule has 0 spiro atoms. The van der Waals surface area contributed by atoms with E-state index in [4.69, 9.17) is 5.11 Å². The van der Waals surface area contributed by atoms with Crippen LogP contribution in [0.25, 0.3) is 0 Å². The van der Waals surface area contributed by atoms with Crippen LogP contribution in [0.15, 0.2) is 47.1 Å². The fourth-order valence-electron chi connectivity index (χ4n) is 2.97. The average molecular weight is 320 g/mol. The zero-order chi connectivity index (χ0) is 17.7. The van der Waals surface area contributed by atoms with Gasteiger partial charge in [-0.05, 0) is 51.0 Å². The second kappa shape index (κ2) is 8.09. The summed E-state index contributed by atoms with van der Waals surface area (Å²) >= 11 is 0. The van der Waals surface area contributed by atoms with Crippen LogP contribution in [0.5, 0.6) is 0 Å². The molecule has 0 aromatic carbocycles. The van der Waals surface area contributed by atoms with Crippen LogP contribution < -0.4 is 0 Å². The smallest absolute Gasteiger partial charge is 0.109 e. The Labute approximate surface area is 140 Å². The molecule has 1 aliphatic carbocycles. The molecular weight excluding hydrogens is 288 g/mol. The van der Waals surface area contributed by atoms with Gasteiger partial charge in [-0.15, -0.1) is 0 Å². The van der Waals surface area contributed by atoms with Crippen LogP contribution in [0.3, 0.4) is 0 Å². The molecule has 0 fully saturated rings. The second-order valence-corrected chi connectivity index (χ2v) is 7.46. The van der Waals surface area contributed by atoms with Crippen molar-refractivity contribution < 1.29 is 15.3 Å². The van der Waals surface area contributed by atoms with Gasteiger partial charge >= 0.3 is 0 Å². The molecule has 0 aliphatic heterocycles. The molecule has 130 valence electrons. The van der Waals surface area contributed by atoms with E-state index < -0.39 is 18.3 Å². The molecule has 23 heavy (non-hydrogen) atoms. The van der Waals surface area contributed by atoms with Gasteiger partial charge < -0.3 is 15.3 Å². The zero-order valence-electron chi connectivity index (χ0n) is 15.1. The standard InChI is InChI=1S/C20H32O3/c1-15(8-6-13-20(5,23)18(22)14-21)10-11-17-16(2)9-7-12-19(17,3)4/h6,8,10-11,13,18,21-23H,7,9,12,14H2,1-5H3/b11-10+,13-6+,15-8+/t18-,20-/m1/s1. The lowest BCUT2D eigenvalue weighted by molar-refractivity contribution is -0.0520. The van der Waals surface area contributed by atoms with Crippen molar-refractivity contribution in [3.63, 3.8) is 0 Å². The third-order valence-electron chi connectivity index (χ3n) is 4.70. The Kier molecular flexibility index (Phi) is 7.00. The molecule has 1 aliphatic rings. The molecule has 0 aromatic heterocycles. The minimum absolute atomic E-state index is 0.226. The van der Waals surface area contributed by atoms with Crippen LogP contribution in [0, 0.1) is 5.41 Å². The van der Waals surface area contributed by atoms with E-state index in [-0.39, 0.29) is 5.41 Å². The van der Waals surface area contributed by atoms with Crippen LogP contribution in [0.2, 0.25) is 0 Å². The van der Waals surface area contributed by atoms with Crippen LogP contribution in [0.4, 0.5) is 0 Å². The molecule has 0 bridgehead atoms. The lowest BCUT2D eigenvalue weighted by atomic mass is 9.72. The fraction of sp³-hybridized carbons (Fsp3) is 0.600. The molecule has 3 nitrogen and oxygen atoms in total. The number of aliphatic hydroxyl groups is 3. The van der Waals surface area contributed by atoms with E-state index in [1.807, 2.05) is 13.0 Å². The first-order valence-corrected chi connectivity index (χ1v) is 8.36. The molecule has 1 rings (SSSR count). The van der Waals surface area contributed by atoms with E-state index >= 15 is 0 Å². The Balaban J connectivity index is 2.81. The summed E-state index contributed by atoms with van der Waals surface area (Å²) < 4.78 is 0. The van der Waals surface area contributed by atoms with E-state index in [2.05, 4.69) is 32.9 Å². The minimum atomic E-state index is -1.43. The van der Waals surface area contributed by atoms with E-state index in [1.54, 1.807) is 6.08 Å². The molecule has 3 N–H and O–H groups in total. The zero-order valence-corrected chi connectivity index (χ0v) is 15.1. The lowest BCUT2D eigenvalue weighted by Crippen LogP contribution is -2.39. The number of hydrogen-bond acceptors (Lipinski definition) is 3. The minimum Gasteiger partial charge on any atom is -0.394 e. The molecule has 0 saturated heterocycles. The summed E-state index contributed by atoms with van der Waals surface area (Å²) in [5.74, 6) is 0. The van der Waals surface area contributed by atoms with Crippen molar-refractivity contribution in [2.24, 2.45) is 5.41 Å². The van der Waals surface area contributed by atoms with Gasteiger partial charge in [0.15, 0.2) is 0 Å². The van der Waals surface area contributed by atoms with Crippen molar-refractivity contribution in [3.05, 3.63) is 47.1 Å². The number of allylic oxidation sites excluding steroid dienone is 7. The van der Waals surface area contributed by atoms with Gasteiger partial charge in [0.2, 0.25) is 0 Å². The highest BCUT2D eigenvalue weighted by molar-refractivity contribution is 5.36. The van der Waals surface area contributed by atoms with E-state index in [0.29, 0.717) is 0 Å². The van der Waals surface area contributed by atoms with Gasteiger partial charge in [0, 0.05) is 0 Å². The second-order valence-electron chi connectivity index (χ2n) is 7.46. The van der Waals surface area contributed by atoms with Gasteiger partial charge in [-0.2, -0.15) is 0 Å². The van der Waals surface area contributed by atoms with Gasteiger partial charge in [0.05, 0.1) is 6.61 Å². The van der Waals surface area contributed by atoms with Gasteiger partial charge in [-0.1, -0.05) is 55.4 Å². The van der Waals surface area contributed by atoms with Crippen LogP contribution in [-0.4, -0.2) is 33.6 Å². The molecule has 3 heteroatoms. The molecule has 2 atom stereocenters. The molecule has 0 heterocycles. The maximum Gasteiger partial charge on any atom is 0.109 e. The number of rotatable bonds is 6. The predicted molar refractivity (Wildman–Crippen MR) is 96.1 cm³/mol. The number of aliphatic hydroxyl groups excluding tert-OH is 2. The normalized spacial score (nSPS) is 23.6. The molecule has 0 radical (unpaired) electrons. The van der Waals surface area contributed by atoms with Gasteiger partial charge in [-0.25, -0.2) is 0 Å². The third kappa shape index (κ3) is 5.76. The fourth-order valence-corrected chi connectivity index (χ4v) is 2.97. The Morgan fingerprint density at radius 3 is 2.61 bits per heavy atom. The summed E-state index contributed by atoms with van der Waals surface area (Å²) in [5.41, 5.74) is 2.75. The van der Waals surface area contributed by atoms with Gasteiger partial charge in [0.1, 0.15) is 11.7 Å². The van der Waals surface area contributed by atoms with Crippen molar-refractivity contribution in [1.82, 2.24) is 0 Å². The first-order chi connectivity index (χ1) is 10.6. The molecule has 0 amide bonds. The molecule has 0 unspecified atom stereocenters. The van der Waals surface area contributed by atoms with Crippen molar-refractivity contribution in [1.29, 1.82) is 0 Å². The maximum absolute atomic E-state index is 9.98. The van der Waals surface area contributed by atoms with E-state index in [1.165, 1.54) is 43.4 Å².